The van der Waals surface area contributed by atoms with Crippen LogP contribution in [0.4, 0.5) is 0 Å². The molecule has 3 heteroatoms. The van der Waals surface area contributed by atoms with Crippen molar-refractivity contribution in [3.8, 4) is 0 Å². The third kappa shape index (κ3) is 1.39. The number of ether oxygens (including phenoxy) is 1. The SMILES string of the molecule is CC1OC(=O)CC1CS. The standard InChI is InChI=1S/C6H10O2S/c1-4-5(3-9)2-6(7)8-4/h4-5,9H,2-3H2,1H3. The first-order valence-corrected chi connectivity index (χ1v) is 3.67. The van der Waals surface area contributed by atoms with Gasteiger partial charge in [0.25, 0.3) is 0 Å². The third-order valence-electron chi connectivity index (χ3n) is 1.64. The molecule has 1 rings (SSSR count). The van der Waals surface area contributed by atoms with Gasteiger partial charge in [0.05, 0.1) is 6.42 Å². The molecule has 0 radical (unpaired) electrons. The summed E-state index contributed by atoms with van der Waals surface area (Å²) in [6.45, 7) is 1.91. The Hall–Kier alpha value is -0.180. The summed E-state index contributed by atoms with van der Waals surface area (Å²) >= 11 is 4.08. The Morgan fingerprint density at radius 1 is 1.89 bits per heavy atom. The molecule has 2 unspecified atom stereocenters. The number of thiol groups is 1. The molecular formula is C6H10O2S. The Morgan fingerprint density at radius 2 is 2.56 bits per heavy atom. The zero-order valence-corrected chi connectivity index (χ0v) is 6.23. The molecule has 1 saturated heterocycles. The lowest BCUT2D eigenvalue weighted by Gasteiger charge is -2.07. The molecule has 2 nitrogen and oxygen atoms in total. The molecule has 0 aromatic rings. The predicted octanol–water partition coefficient (Wildman–Crippen LogP) is 0.868. The van der Waals surface area contributed by atoms with Crippen LogP contribution >= 0.6 is 12.6 Å². The van der Waals surface area contributed by atoms with Crippen LogP contribution in [0, 0.1) is 5.92 Å². The van der Waals surface area contributed by atoms with Gasteiger partial charge in [0.15, 0.2) is 0 Å². The Labute approximate surface area is 60.0 Å². The van der Waals surface area contributed by atoms with E-state index >= 15 is 0 Å². The first-order chi connectivity index (χ1) is 4.24. The normalized spacial score (nSPS) is 34.7. The number of hydrogen-bond donors (Lipinski definition) is 1. The summed E-state index contributed by atoms with van der Waals surface area (Å²) < 4.78 is 4.88. The molecule has 0 amide bonds. The number of hydrogen-bond acceptors (Lipinski definition) is 3. The van der Waals surface area contributed by atoms with E-state index in [1.807, 2.05) is 6.92 Å². The molecule has 0 bridgehead atoms. The van der Waals surface area contributed by atoms with Gasteiger partial charge in [-0.2, -0.15) is 12.6 Å². The van der Waals surface area contributed by atoms with Crippen LogP contribution in [0.3, 0.4) is 0 Å². The highest BCUT2D eigenvalue weighted by Gasteiger charge is 2.29. The van der Waals surface area contributed by atoms with E-state index in [9.17, 15) is 4.79 Å². The summed E-state index contributed by atoms with van der Waals surface area (Å²) in [5.74, 6) is 0.995. The van der Waals surface area contributed by atoms with Gasteiger partial charge in [-0.15, -0.1) is 0 Å². The van der Waals surface area contributed by atoms with E-state index in [1.54, 1.807) is 0 Å². The third-order valence-corrected chi connectivity index (χ3v) is 2.11. The van der Waals surface area contributed by atoms with Gasteiger partial charge < -0.3 is 4.74 Å². The van der Waals surface area contributed by atoms with E-state index in [0.29, 0.717) is 12.3 Å². The van der Waals surface area contributed by atoms with Gasteiger partial charge in [-0.25, -0.2) is 0 Å². The number of cyclic esters (lactones) is 1. The fourth-order valence-corrected chi connectivity index (χ4v) is 1.37. The molecule has 1 fully saturated rings. The molecule has 9 heavy (non-hydrogen) atoms. The first kappa shape index (κ1) is 6.93. The molecule has 0 aromatic heterocycles. The lowest BCUT2D eigenvalue weighted by atomic mass is 10.1. The molecule has 2 atom stereocenters. The summed E-state index contributed by atoms with van der Waals surface area (Å²) in [5.41, 5.74) is 0. The van der Waals surface area contributed by atoms with E-state index in [0.717, 1.165) is 5.75 Å². The van der Waals surface area contributed by atoms with Gasteiger partial charge >= 0.3 is 5.97 Å². The molecule has 0 saturated carbocycles. The number of rotatable bonds is 1. The average molecular weight is 146 g/mol. The summed E-state index contributed by atoms with van der Waals surface area (Å²) in [6, 6.07) is 0. The van der Waals surface area contributed by atoms with Gasteiger partial charge in [0.1, 0.15) is 6.10 Å². The van der Waals surface area contributed by atoms with E-state index in [2.05, 4.69) is 12.6 Å². The van der Waals surface area contributed by atoms with Crippen LogP contribution in [-0.4, -0.2) is 17.8 Å². The molecule has 1 heterocycles. The smallest absolute Gasteiger partial charge is 0.306 e. The molecule has 0 spiro atoms. The maximum Gasteiger partial charge on any atom is 0.306 e. The minimum atomic E-state index is -0.0819. The molecule has 0 N–H and O–H groups in total. The quantitative estimate of drug-likeness (QED) is 0.439. The van der Waals surface area contributed by atoms with Gasteiger partial charge in [0, 0.05) is 5.92 Å². The zero-order chi connectivity index (χ0) is 6.85. The second kappa shape index (κ2) is 2.60. The van der Waals surface area contributed by atoms with Crippen molar-refractivity contribution >= 4 is 18.6 Å². The fourth-order valence-electron chi connectivity index (χ4n) is 0.945. The lowest BCUT2D eigenvalue weighted by Crippen LogP contribution is -2.11. The summed E-state index contributed by atoms with van der Waals surface area (Å²) in [5, 5.41) is 0. The maximum atomic E-state index is 10.6. The number of carbonyl (C=O) groups is 1. The van der Waals surface area contributed by atoms with Crippen LogP contribution in [0.2, 0.25) is 0 Å². The summed E-state index contributed by atoms with van der Waals surface area (Å²) in [4.78, 5) is 10.6. The van der Waals surface area contributed by atoms with Crippen molar-refractivity contribution in [2.75, 3.05) is 5.75 Å². The highest BCUT2D eigenvalue weighted by molar-refractivity contribution is 7.80. The zero-order valence-electron chi connectivity index (χ0n) is 5.33. The van der Waals surface area contributed by atoms with Crippen LogP contribution in [0.5, 0.6) is 0 Å². The molecular weight excluding hydrogens is 136 g/mol. The first-order valence-electron chi connectivity index (χ1n) is 3.04. The van der Waals surface area contributed by atoms with Crippen molar-refractivity contribution in [2.24, 2.45) is 5.92 Å². The molecule has 0 aliphatic carbocycles. The van der Waals surface area contributed by atoms with Crippen molar-refractivity contribution in [1.82, 2.24) is 0 Å². The van der Waals surface area contributed by atoms with Crippen LogP contribution in [-0.2, 0) is 9.53 Å². The minimum Gasteiger partial charge on any atom is -0.462 e. The van der Waals surface area contributed by atoms with Crippen LogP contribution in [0.25, 0.3) is 0 Å². The van der Waals surface area contributed by atoms with E-state index in [4.69, 9.17) is 4.74 Å². The fraction of sp³-hybridized carbons (Fsp3) is 0.833. The highest BCUT2D eigenvalue weighted by atomic mass is 32.1. The lowest BCUT2D eigenvalue weighted by molar-refractivity contribution is -0.140. The van der Waals surface area contributed by atoms with Crippen molar-refractivity contribution < 1.29 is 9.53 Å². The maximum absolute atomic E-state index is 10.6. The van der Waals surface area contributed by atoms with Gasteiger partial charge in [-0.3, -0.25) is 4.79 Å². The molecule has 1 aliphatic heterocycles. The Balaban J connectivity index is 2.47. The number of carbonyl (C=O) groups excluding carboxylic acids is 1. The molecule has 52 valence electrons. The van der Waals surface area contributed by atoms with Gasteiger partial charge in [-0.1, -0.05) is 0 Å². The minimum absolute atomic E-state index is 0.0787. The second-order valence-electron chi connectivity index (χ2n) is 2.34. The summed E-state index contributed by atoms with van der Waals surface area (Å²) in [6.07, 6.45) is 0.625. The Kier molecular flexibility index (Phi) is 2.01. The van der Waals surface area contributed by atoms with Gasteiger partial charge in [-0.05, 0) is 12.7 Å². The van der Waals surface area contributed by atoms with Crippen molar-refractivity contribution in [2.45, 2.75) is 19.4 Å². The summed E-state index contributed by atoms with van der Waals surface area (Å²) in [7, 11) is 0. The molecule has 1 aliphatic rings. The molecule has 0 aromatic carbocycles. The Morgan fingerprint density at radius 3 is 2.78 bits per heavy atom. The van der Waals surface area contributed by atoms with Crippen LogP contribution < -0.4 is 0 Å². The van der Waals surface area contributed by atoms with Gasteiger partial charge in [0.2, 0.25) is 0 Å². The highest BCUT2D eigenvalue weighted by Crippen LogP contribution is 2.22. The van der Waals surface area contributed by atoms with Crippen LogP contribution in [0.15, 0.2) is 0 Å². The van der Waals surface area contributed by atoms with E-state index in [1.165, 1.54) is 0 Å². The predicted molar refractivity (Wildman–Crippen MR) is 37.5 cm³/mol. The van der Waals surface area contributed by atoms with Crippen molar-refractivity contribution in [3.05, 3.63) is 0 Å². The van der Waals surface area contributed by atoms with Crippen molar-refractivity contribution in [1.29, 1.82) is 0 Å². The Bertz CT molecular complexity index is 124. The monoisotopic (exact) mass is 146 g/mol. The van der Waals surface area contributed by atoms with E-state index < -0.39 is 0 Å². The van der Waals surface area contributed by atoms with Crippen LogP contribution in [0.1, 0.15) is 13.3 Å². The average Bonchev–Trinajstić information content (AvgIpc) is 2.10. The topological polar surface area (TPSA) is 26.3 Å². The number of esters is 1. The second-order valence-corrected chi connectivity index (χ2v) is 2.71. The van der Waals surface area contributed by atoms with E-state index in [-0.39, 0.29) is 12.1 Å². The van der Waals surface area contributed by atoms with Crippen molar-refractivity contribution in [3.63, 3.8) is 0 Å². The largest absolute Gasteiger partial charge is 0.462 e.